The van der Waals surface area contributed by atoms with Crippen molar-refractivity contribution in [1.82, 2.24) is 14.1 Å². The number of hydrogen-bond donors (Lipinski definition) is 1. The number of nitrogens with one attached hydrogen (secondary N) is 1. The number of methoxy groups -OCH3 is 1. The molecular weight excluding hydrogens is 408 g/mol. The molecule has 0 unspecified atom stereocenters. The zero-order chi connectivity index (χ0) is 22.6. The monoisotopic (exact) mass is 434 g/mol. The number of nitrogens with zero attached hydrogens (tertiary/aromatic N) is 3. The van der Waals surface area contributed by atoms with E-state index in [0.29, 0.717) is 25.2 Å². The lowest BCUT2D eigenvalue weighted by Gasteiger charge is -2.13. The molecule has 0 saturated heterocycles. The summed E-state index contributed by atoms with van der Waals surface area (Å²) >= 11 is 0. The van der Waals surface area contributed by atoms with E-state index in [0.717, 1.165) is 33.4 Å². The molecule has 0 atom stereocenters. The van der Waals surface area contributed by atoms with Crippen LogP contribution in [0.5, 0.6) is 0 Å². The Bertz CT molecular complexity index is 1420. The van der Waals surface area contributed by atoms with Crippen LogP contribution < -0.4 is 5.49 Å². The Labute approximate surface area is 193 Å². The molecule has 164 valence electrons. The van der Waals surface area contributed by atoms with E-state index in [4.69, 9.17) is 15.1 Å². The van der Waals surface area contributed by atoms with E-state index in [1.807, 2.05) is 34.9 Å². The van der Waals surface area contributed by atoms with Gasteiger partial charge in [0.15, 0.2) is 0 Å². The van der Waals surface area contributed by atoms with Gasteiger partial charge < -0.3 is 13.9 Å². The van der Waals surface area contributed by atoms with Crippen molar-refractivity contribution in [2.75, 3.05) is 13.7 Å². The van der Waals surface area contributed by atoms with Crippen LogP contribution >= 0.6 is 0 Å². The molecule has 2 aromatic heterocycles. The zero-order valence-corrected chi connectivity index (χ0v) is 18.6. The summed E-state index contributed by atoms with van der Waals surface area (Å²) in [5.41, 5.74) is 6.75. The van der Waals surface area contributed by atoms with E-state index in [2.05, 4.69) is 65.2 Å². The molecule has 0 saturated carbocycles. The highest BCUT2D eigenvalue weighted by atomic mass is 16.5. The first-order valence-corrected chi connectivity index (χ1v) is 11.1. The summed E-state index contributed by atoms with van der Waals surface area (Å²) in [4.78, 5) is 4.87. The van der Waals surface area contributed by atoms with Crippen LogP contribution in [0.1, 0.15) is 5.56 Å². The standard InChI is InChI=1S/C28H26N4O/c1-33-18-17-31-20-30-28-25(27(31)29)24(22-13-7-3-8-14-22)26(23-15-9-4-10-16-23)32(28)19-21-11-5-2-6-12-21/h2-16,20,29H,17-19H2,1H3. The predicted molar refractivity (Wildman–Crippen MR) is 132 cm³/mol. The third-order valence-electron chi connectivity index (χ3n) is 5.91. The van der Waals surface area contributed by atoms with Gasteiger partial charge >= 0.3 is 0 Å². The molecule has 0 bridgehead atoms. The molecule has 33 heavy (non-hydrogen) atoms. The van der Waals surface area contributed by atoms with Crippen LogP contribution in [0.3, 0.4) is 0 Å². The minimum atomic E-state index is 0.444. The highest BCUT2D eigenvalue weighted by Crippen LogP contribution is 2.39. The summed E-state index contributed by atoms with van der Waals surface area (Å²) in [6.45, 7) is 1.78. The fourth-order valence-electron chi connectivity index (χ4n) is 4.35. The van der Waals surface area contributed by atoms with Crippen LogP contribution in [0, 0.1) is 5.41 Å². The number of ether oxygens (including phenoxy) is 1. The normalized spacial score (nSPS) is 11.2. The number of hydrogen-bond acceptors (Lipinski definition) is 3. The minimum Gasteiger partial charge on any atom is -0.383 e. The Hall–Kier alpha value is -3.96. The lowest BCUT2D eigenvalue weighted by molar-refractivity contribution is 0.185. The smallest absolute Gasteiger partial charge is 0.146 e. The molecular formula is C28H26N4O. The summed E-state index contributed by atoms with van der Waals surface area (Å²) in [5.74, 6) is 0. The molecule has 1 N–H and O–H groups in total. The Morgan fingerprint density at radius 2 is 1.42 bits per heavy atom. The molecule has 0 aliphatic carbocycles. The molecule has 0 fully saturated rings. The van der Waals surface area contributed by atoms with Crippen LogP contribution in [0.2, 0.25) is 0 Å². The highest BCUT2D eigenvalue weighted by Gasteiger charge is 2.23. The molecule has 0 aliphatic rings. The topological polar surface area (TPSA) is 55.8 Å². The Morgan fingerprint density at radius 3 is 2.06 bits per heavy atom. The third kappa shape index (κ3) is 3.99. The van der Waals surface area contributed by atoms with Crippen molar-refractivity contribution in [3.05, 3.63) is 108 Å². The largest absolute Gasteiger partial charge is 0.383 e. The maximum absolute atomic E-state index is 9.11. The SMILES string of the molecule is COCCn1cnc2c(c(-c3ccccc3)c(-c3ccccc3)n2Cc2ccccc2)c1=N. The van der Waals surface area contributed by atoms with Gasteiger partial charge in [-0.1, -0.05) is 91.0 Å². The number of rotatable bonds is 7. The molecule has 2 heterocycles. The van der Waals surface area contributed by atoms with Gasteiger partial charge in [-0.25, -0.2) is 4.98 Å². The van der Waals surface area contributed by atoms with Crippen LogP contribution in [0.4, 0.5) is 0 Å². The lowest BCUT2D eigenvalue weighted by atomic mass is 9.99. The lowest BCUT2D eigenvalue weighted by Crippen LogP contribution is -2.23. The van der Waals surface area contributed by atoms with Crippen LogP contribution in [0.25, 0.3) is 33.4 Å². The second kappa shape index (κ2) is 9.27. The maximum Gasteiger partial charge on any atom is 0.146 e. The van der Waals surface area contributed by atoms with Crippen LogP contribution in [0.15, 0.2) is 97.3 Å². The predicted octanol–water partition coefficient (Wildman–Crippen LogP) is 5.35. The summed E-state index contributed by atoms with van der Waals surface area (Å²) < 4.78 is 9.38. The van der Waals surface area contributed by atoms with Crippen molar-refractivity contribution >= 4 is 11.0 Å². The van der Waals surface area contributed by atoms with Crippen molar-refractivity contribution < 1.29 is 4.74 Å². The van der Waals surface area contributed by atoms with Gasteiger partial charge in [0, 0.05) is 25.8 Å². The van der Waals surface area contributed by atoms with Crippen molar-refractivity contribution in [1.29, 1.82) is 5.41 Å². The number of aromatic nitrogens is 3. The quantitative estimate of drug-likeness (QED) is 0.376. The minimum absolute atomic E-state index is 0.444. The first kappa shape index (κ1) is 20.9. The second-order valence-corrected chi connectivity index (χ2v) is 8.01. The van der Waals surface area contributed by atoms with Gasteiger partial charge in [0.25, 0.3) is 0 Å². The number of fused-ring (bicyclic) bond motifs is 1. The summed E-state index contributed by atoms with van der Waals surface area (Å²) in [6.07, 6.45) is 1.76. The first-order chi connectivity index (χ1) is 16.3. The molecule has 0 amide bonds. The Balaban J connectivity index is 1.87. The third-order valence-corrected chi connectivity index (χ3v) is 5.91. The van der Waals surface area contributed by atoms with E-state index in [9.17, 15) is 0 Å². The Morgan fingerprint density at radius 1 is 0.818 bits per heavy atom. The van der Waals surface area contributed by atoms with E-state index in [1.54, 1.807) is 13.4 Å². The highest BCUT2D eigenvalue weighted by molar-refractivity contribution is 6.02. The maximum atomic E-state index is 9.11. The van der Waals surface area contributed by atoms with Crippen molar-refractivity contribution in [3.8, 4) is 22.4 Å². The van der Waals surface area contributed by atoms with E-state index < -0.39 is 0 Å². The van der Waals surface area contributed by atoms with Crippen molar-refractivity contribution in [2.45, 2.75) is 13.1 Å². The van der Waals surface area contributed by atoms with Crippen LogP contribution in [-0.2, 0) is 17.8 Å². The van der Waals surface area contributed by atoms with Gasteiger partial charge in [-0.3, -0.25) is 5.41 Å². The van der Waals surface area contributed by atoms with Gasteiger partial charge in [-0.2, -0.15) is 0 Å². The van der Waals surface area contributed by atoms with Crippen molar-refractivity contribution in [3.63, 3.8) is 0 Å². The van der Waals surface area contributed by atoms with Crippen LogP contribution in [-0.4, -0.2) is 27.8 Å². The van der Waals surface area contributed by atoms with Gasteiger partial charge in [0.05, 0.1) is 24.0 Å². The fraction of sp³-hybridized carbons (Fsp3) is 0.143. The molecule has 5 heteroatoms. The summed E-state index contributed by atoms with van der Waals surface area (Å²) in [6, 6.07) is 31.2. The van der Waals surface area contributed by atoms with E-state index in [1.165, 1.54) is 5.56 Å². The molecule has 0 aliphatic heterocycles. The average Bonchev–Trinajstić information content (AvgIpc) is 3.20. The molecule has 3 aromatic carbocycles. The van der Waals surface area contributed by atoms with Gasteiger partial charge in [-0.05, 0) is 16.7 Å². The molecule has 5 nitrogen and oxygen atoms in total. The zero-order valence-electron chi connectivity index (χ0n) is 18.6. The molecule has 0 radical (unpaired) electrons. The Kier molecular flexibility index (Phi) is 5.87. The fourth-order valence-corrected chi connectivity index (χ4v) is 4.35. The molecule has 5 rings (SSSR count). The van der Waals surface area contributed by atoms with Crippen molar-refractivity contribution in [2.24, 2.45) is 0 Å². The second-order valence-electron chi connectivity index (χ2n) is 8.01. The van der Waals surface area contributed by atoms with E-state index >= 15 is 0 Å². The van der Waals surface area contributed by atoms with Gasteiger partial charge in [0.1, 0.15) is 11.1 Å². The average molecular weight is 435 g/mol. The van der Waals surface area contributed by atoms with Gasteiger partial charge in [-0.15, -0.1) is 0 Å². The first-order valence-electron chi connectivity index (χ1n) is 11.1. The summed E-state index contributed by atoms with van der Waals surface area (Å²) in [7, 11) is 1.68. The molecule has 5 aromatic rings. The summed E-state index contributed by atoms with van der Waals surface area (Å²) in [5, 5.41) is 9.97. The van der Waals surface area contributed by atoms with Gasteiger partial charge in [0.2, 0.25) is 0 Å². The number of benzene rings is 3. The van der Waals surface area contributed by atoms with E-state index in [-0.39, 0.29) is 0 Å². The molecule has 0 spiro atoms.